The Labute approximate surface area is 267 Å². The predicted octanol–water partition coefficient (Wildman–Crippen LogP) is 3.27. The number of likely N-dealkylation sites (N-methyl/N-ethyl adjacent to an activating group) is 1. The molecule has 0 unspecified atom stereocenters. The van der Waals surface area contributed by atoms with Crippen LogP contribution in [-0.2, 0) is 29.3 Å². The molecule has 45 heavy (non-hydrogen) atoms. The highest BCUT2D eigenvalue weighted by Crippen LogP contribution is 2.58. The number of rotatable bonds is 9. The van der Waals surface area contributed by atoms with E-state index in [1.807, 2.05) is 27.7 Å². The number of ether oxygens (including phenoxy) is 1. The van der Waals surface area contributed by atoms with Gasteiger partial charge in [-0.25, -0.2) is 0 Å². The minimum absolute atomic E-state index is 0.0101. The van der Waals surface area contributed by atoms with Gasteiger partial charge in [0.05, 0.1) is 17.5 Å². The van der Waals surface area contributed by atoms with Crippen LogP contribution in [0.2, 0.25) is 0 Å². The van der Waals surface area contributed by atoms with Crippen LogP contribution in [0, 0.1) is 11.8 Å². The van der Waals surface area contributed by atoms with Crippen molar-refractivity contribution < 1.29 is 44.3 Å². The molecule has 1 saturated carbocycles. The van der Waals surface area contributed by atoms with Gasteiger partial charge < -0.3 is 30.9 Å². The molecule has 3 aliphatic carbocycles. The number of Topliss-reactive ketones (excluding diaryl/α,β-unsaturated/α-hetero) is 2. The highest BCUT2D eigenvalue weighted by molar-refractivity contribution is 7.99. The number of aliphatic hydroxyl groups excluding tert-OH is 2. The second-order valence-corrected chi connectivity index (χ2v) is 14.5. The fraction of sp³-hybridized carbons (Fsp3) is 0.576. The Kier molecular flexibility index (Phi) is 9.55. The van der Waals surface area contributed by atoms with Crippen molar-refractivity contribution in [1.82, 2.24) is 4.90 Å². The molecule has 0 bridgehead atoms. The smallest absolute Gasteiger partial charge is 0.306 e. The van der Waals surface area contributed by atoms with Crippen molar-refractivity contribution in [2.75, 3.05) is 25.6 Å². The number of nitrogens with two attached hydrogens (primary N) is 1. The van der Waals surface area contributed by atoms with E-state index in [4.69, 9.17) is 10.5 Å². The second kappa shape index (κ2) is 12.4. The fourth-order valence-electron chi connectivity index (χ4n) is 7.12. The molecule has 6 N–H and O–H groups in total. The quantitative estimate of drug-likeness (QED) is 0.151. The molecule has 246 valence electrons. The van der Waals surface area contributed by atoms with Crippen LogP contribution < -0.4 is 5.73 Å². The number of ketones is 2. The molecule has 0 spiro atoms. The monoisotopic (exact) mass is 644 g/mol. The van der Waals surface area contributed by atoms with Gasteiger partial charge in [-0.15, -0.1) is 0 Å². The van der Waals surface area contributed by atoms with Crippen molar-refractivity contribution in [3.05, 3.63) is 45.7 Å². The average molecular weight is 645 g/mol. The molecule has 0 aliphatic heterocycles. The summed E-state index contributed by atoms with van der Waals surface area (Å²) in [6.07, 6.45) is -0.155. The van der Waals surface area contributed by atoms with E-state index in [2.05, 4.69) is 0 Å². The molecule has 0 radical (unpaired) electrons. The van der Waals surface area contributed by atoms with Gasteiger partial charge in [0.2, 0.25) is 5.78 Å². The lowest BCUT2D eigenvalue weighted by Crippen LogP contribution is -2.71. The van der Waals surface area contributed by atoms with Crippen LogP contribution in [0.25, 0.3) is 5.76 Å². The largest absolute Gasteiger partial charge is 0.508 e. The zero-order valence-electron chi connectivity index (χ0n) is 26.8. The van der Waals surface area contributed by atoms with Gasteiger partial charge in [0.25, 0.3) is 5.91 Å². The number of thioether (sulfide) groups is 1. The van der Waals surface area contributed by atoms with E-state index in [0.717, 1.165) is 12.2 Å². The van der Waals surface area contributed by atoms with E-state index in [-0.39, 0.29) is 23.3 Å². The van der Waals surface area contributed by atoms with E-state index >= 15 is 0 Å². The molecule has 1 amide bonds. The number of amides is 1. The zero-order valence-corrected chi connectivity index (χ0v) is 27.7. The summed E-state index contributed by atoms with van der Waals surface area (Å²) in [5.41, 5.74) is 1.70. The maximum absolute atomic E-state index is 14.6. The Morgan fingerprint density at radius 1 is 1.09 bits per heavy atom. The molecule has 6 atom stereocenters. The lowest BCUT2D eigenvalue weighted by Gasteiger charge is -2.55. The minimum atomic E-state index is -2.97. The summed E-state index contributed by atoms with van der Waals surface area (Å²) in [5, 5.41) is 47.2. The molecule has 4 rings (SSSR count). The Bertz CT molecular complexity index is 1490. The average Bonchev–Trinajstić information content (AvgIpc) is 2.93. The topological polar surface area (TPSA) is 188 Å². The zero-order chi connectivity index (χ0) is 33.8. The number of aliphatic hydroxyl groups is 3. The van der Waals surface area contributed by atoms with E-state index in [1.54, 1.807) is 30.8 Å². The number of benzene rings is 1. The summed E-state index contributed by atoms with van der Waals surface area (Å²) in [4.78, 5) is 55.4. The van der Waals surface area contributed by atoms with Crippen LogP contribution in [0.15, 0.2) is 29.0 Å². The molecular formula is C33H44N2O9S. The molecule has 11 nitrogen and oxygen atoms in total. The Balaban J connectivity index is 2.14. The second-order valence-electron chi connectivity index (χ2n) is 13.3. The van der Waals surface area contributed by atoms with E-state index in [1.165, 1.54) is 19.0 Å². The number of aromatic hydroxyl groups is 1. The number of hydrogen-bond donors (Lipinski definition) is 5. The molecule has 1 fully saturated rings. The Morgan fingerprint density at radius 2 is 1.73 bits per heavy atom. The van der Waals surface area contributed by atoms with Crippen molar-refractivity contribution in [1.29, 1.82) is 0 Å². The van der Waals surface area contributed by atoms with Crippen LogP contribution in [0.4, 0.5) is 0 Å². The SMILES string of the molecule is CCCSC[C@H]1c2ccc(C(C)(C)C)c(O)c2C(O)=C2C(=O)[C@]3(O)C(O)=C(C(N)=O)C(=O)[C@@H](N(C)C)[C@@H]3[C@@H](OC(=O)CCC)[C@@H]21. The number of primary amides is 1. The molecule has 0 aromatic heterocycles. The normalized spacial score (nSPS) is 28.2. The number of nitrogens with zero attached hydrogens (tertiary/aromatic N) is 1. The summed E-state index contributed by atoms with van der Waals surface area (Å²) < 4.78 is 6.07. The summed E-state index contributed by atoms with van der Waals surface area (Å²) in [7, 11) is 3.00. The van der Waals surface area contributed by atoms with Crippen molar-refractivity contribution in [2.45, 2.75) is 83.0 Å². The summed E-state index contributed by atoms with van der Waals surface area (Å²) in [5.74, 6) is -8.36. The van der Waals surface area contributed by atoms with Gasteiger partial charge in [0.15, 0.2) is 11.4 Å². The lowest BCUT2D eigenvalue weighted by atomic mass is 9.54. The first-order valence-electron chi connectivity index (χ1n) is 15.2. The number of phenols is 1. The van der Waals surface area contributed by atoms with Gasteiger partial charge in [0, 0.05) is 35.1 Å². The first-order valence-corrected chi connectivity index (χ1v) is 16.4. The highest BCUT2D eigenvalue weighted by atomic mass is 32.2. The van der Waals surface area contributed by atoms with Crippen LogP contribution in [0.1, 0.15) is 76.5 Å². The maximum Gasteiger partial charge on any atom is 0.306 e. The number of carbonyl (C=O) groups excluding carboxylic acids is 4. The summed E-state index contributed by atoms with van der Waals surface area (Å²) in [6, 6.07) is 2.14. The third-order valence-corrected chi connectivity index (χ3v) is 10.4. The van der Waals surface area contributed by atoms with Gasteiger partial charge in [-0.05, 0) is 43.7 Å². The van der Waals surface area contributed by atoms with Crippen LogP contribution >= 0.6 is 11.8 Å². The highest BCUT2D eigenvalue weighted by Gasteiger charge is 2.70. The molecule has 0 saturated heterocycles. The van der Waals surface area contributed by atoms with Crippen molar-refractivity contribution in [3.8, 4) is 5.75 Å². The molecule has 1 aromatic rings. The third kappa shape index (κ3) is 5.44. The third-order valence-electron chi connectivity index (χ3n) is 9.08. The molecule has 3 aliphatic rings. The maximum atomic E-state index is 14.6. The van der Waals surface area contributed by atoms with Crippen molar-refractivity contribution >= 4 is 41.0 Å². The van der Waals surface area contributed by atoms with Crippen molar-refractivity contribution in [3.63, 3.8) is 0 Å². The molecule has 0 heterocycles. The van der Waals surface area contributed by atoms with E-state index < -0.39 is 81.4 Å². The molecule has 1 aromatic carbocycles. The van der Waals surface area contributed by atoms with E-state index in [0.29, 0.717) is 23.3 Å². The van der Waals surface area contributed by atoms with Crippen LogP contribution in [-0.4, -0.2) is 92.1 Å². The number of esters is 1. The Morgan fingerprint density at radius 3 is 2.27 bits per heavy atom. The van der Waals surface area contributed by atoms with Crippen LogP contribution in [0.3, 0.4) is 0 Å². The van der Waals surface area contributed by atoms with Gasteiger partial charge in [-0.1, -0.05) is 46.8 Å². The van der Waals surface area contributed by atoms with Crippen molar-refractivity contribution in [2.24, 2.45) is 17.6 Å². The summed E-state index contributed by atoms with van der Waals surface area (Å²) in [6.45, 7) is 9.44. The lowest BCUT2D eigenvalue weighted by molar-refractivity contribution is -0.185. The van der Waals surface area contributed by atoms with Gasteiger partial charge >= 0.3 is 5.97 Å². The fourth-order valence-corrected chi connectivity index (χ4v) is 8.22. The van der Waals surface area contributed by atoms with E-state index in [9.17, 15) is 39.6 Å². The minimum Gasteiger partial charge on any atom is -0.508 e. The molecule has 12 heteroatoms. The number of fused-ring (bicyclic) bond motifs is 3. The number of carbonyl (C=O) groups is 4. The van der Waals surface area contributed by atoms with Gasteiger partial charge in [-0.2, -0.15) is 11.8 Å². The first kappa shape index (κ1) is 34.5. The number of hydrogen-bond acceptors (Lipinski definition) is 11. The van der Waals surface area contributed by atoms with Gasteiger partial charge in [-0.3, -0.25) is 24.1 Å². The standard InChI is InChI=1S/C33H44N2O9S/c1-8-10-18(36)44-28-19-16(14-45-13-9-2)15-11-12-17(32(3,4)5)25(37)20(15)26(38)21(19)29(40)33(43)23(28)24(35(6)7)27(39)22(30(33)41)31(34)42/h11-12,16,19,23-24,28,37-38,41,43H,8-10,13-14H2,1-7H3,(H2,34,42)/t16-,19+,23+,24-,28-,33-/m0/s1. The number of phenolic OH excluding ortho intramolecular Hbond substituents is 1. The first-order chi connectivity index (χ1) is 21.0. The summed E-state index contributed by atoms with van der Waals surface area (Å²) >= 11 is 1.57. The predicted molar refractivity (Wildman–Crippen MR) is 170 cm³/mol. The van der Waals surface area contributed by atoms with Gasteiger partial charge in [0.1, 0.15) is 28.9 Å². The van der Waals surface area contributed by atoms with Crippen LogP contribution in [0.5, 0.6) is 5.75 Å². The Hall–Kier alpha value is -3.35. The molecular weight excluding hydrogens is 600 g/mol.